The van der Waals surface area contributed by atoms with Gasteiger partial charge in [-0.1, -0.05) is 0 Å². The van der Waals surface area contributed by atoms with E-state index in [9.17, 15) is 0 Å². The second-order valence-corrected chi connectivity index (χ2v) is 3.65. The molecule has 5 heteroatoms. The van der Waals surface area contributed by atoms with Crippen LogP contribution in [0.3, 0.4) is 0 Å². The van der Waals surface area contributed by atoms with Gasteiger partial charge in [0.2, 0.25) is 5.89 Å². The molecule has 80 valence electrons. The van der Waals surface area contributed by atoms with Crippen molar-refractivity contribution in [3.63, 3.8) is 0 Å². The summed E-state index contributed by atoms with van der Waals surface area (Å²) >= 11 is 0. The minimum atomic E-state index is 0.486. The lowest BCUT2D eigenvalue weighted by atomic mass is 10.1. The summed E-state index contributed by atoms with van der Waals surface area (Å²) in [5, 5.41) is 7.67. The summed E-state index contributed by atoms with van der Waals surface area (Å²) in [6, 6.07) is 5.75. The molecule has 0 saturated carbocycles. The number of aromatic amines is 1. The van der Waals surface area contributed by atoms with Crippen molar-refractivity contribution in [2.24, 2.45) is 0 Å². The third-order valence-corrected chi connectivity index (χ3v) is 2.46. The Labute approximate surface area is 91.3 Å². The Morgan fingerprint density at radius 3 is 3.00 bits per heavy atom. The van der Waals surface area contributed by atoms with Gasteiger partial charge in [0, 0.05) is 10.9 Å². The number of nitrogen functional groups attached to an aromatic ring is 1. The number of oxazole rings is 1. The summed E-state index contributed by atoms with van der Waals surface area (Å²) in [7, 11) is 0. The molecule has 2 aromatic heterocycles. The number of aromatic nitrogens is 3. The van der Waals surface area contributed by atoms with Gasteiger partial charge in [-0.3, -0.25) is 5.10 Å². The average Bonchev–Trinajstić information content (AvgIpc) is 2.86. The predicted octanol–water partition coefficient (Wildman–Crippen LogP) is 2.11. The molecule has 3 N–H and O–H groups in total. The molecular formula is C11H10N4O. The fourth-order valence-corrected chi connectivity index (χ4v) is 1.66. The molecule has 0 radical (unpaired) electrons. The first-order chi connectivity index (χ1) is 7.74. The van der Waals surface area contributed by atoms with Gasteiger partial charge in [0.15, 0.2) is 5.82 Å². The molecule has 0 unspecified atom stereocenters. The number of anilines is 1. The first kappa shape index (κ1) is 8.96. The van der Waals surface area contributed by atoms with Crippen LogP contribution in [-0.4, -0.2) is 15.2 Å². The average molecular weight is 214 g/mol. The standard InChI is InChI=1S/C11H10N4O/c1-6-5-13-11(16-6)7-2-3-9-8(4-7)10(12)15-14-9/h2-5H,1H3,(H3,12,14,15). The summed E-state index contributed by atoms with van der Waals surface area (Å²) in [5.74, 6) is 1.87. The van der Waals surface area contributed by atoms with Gasteiger partial charge < -0.3 is 10.2 Å². The van der Waals surface area contributed by atoms with Crippen LogP contribution in [0.15, 0.2) is 28.8 Å². The monoisotopic (exact) mass is 214 g/mol. The van der Waals surface area contributed by atoms with E-state index >= 15 is 0 Å². The molecule has 0 spiro atoms. The predicted molar refractivity (Wildman–Crippen MR) is 60.7 cm³/mol. The van der Waals surface area contributed by atoms with Crippen molar-refractivity contribution < 1.29 is 4.42 Å². The second-order valence-electron chi connectivity index (χ2n) is 3.65. The van der Waals surface area contributed by atoms with Gasteiger partial charge in [-0.05, 0) is 25.1 Å². The van der Waals surface area contributed by atoms with Gasteiger partial charge in [0.1, 0.15) is 5.76 Å². The Morgan fingerprint density at radius 1 is 1.38 bits per heavy atom. The molecule has 1 aromatic carbocycles. The lowest BCUT2D eigenvalue weighted by Gasteiger charge is -1.96. The first-order valence-corrected chi connectivity index (χ1v) is 4.90. The lowest BCUT2D eigenvalue weighted by Crippen LogP contribution is -1.84. The summed E-state index contributed by atoms with van der Waals surface area (Å²) in [6.07, 6.45) is 1.69. The Bertz CT molecular complexity index is 653. The second kappa shape index (κ2) is 3.10. The van der Waals surface area contributed by atoms with Crippen molar-refractivity contribution in [1.29, 1.82) is 0 Å². The third-order valence-electron chi connectivity index (χ3n) is 2.46. The molecule has 0 aliphatic rings. The highest BCUT2D eigenvalue weighted by Crippen LogP contribution is 2.25. The quantitative estimate of drug-likeness (QED) is 0.650. The summed E-state index contributed by atoms with van der Waals surface area (Å²) in [5.41, 5.74) is 7.54. The van der Waals surface area contributed by atoms with Gasteiger partial charge in [0.25, 0.3) is 0 Å². The molecule has 0 aliphatic heterocycles. The Balaban J connectivity index is 2.21. The van der Waals surface area contributed by atoms with Crippen LogP contribution in [0.4, 0.5) is 5.82 Å². The summed E-state index contributed by atoms with van der Waals surface area (Å²) in [4.78, 5) is 4.17. The maximum Gasteiger partial charge on any atom is 0.226 e. The smallest absolute Gasteiger partial charge is 0.226 e. The maximum absolute atomic E-state index is 5.74. The van der Waals surface area contributed by atoms with Crippen molar-refractivity contribution in [2.75, 3.05) is 5.73 Å². The third kappa shape index (κ3) is 1.25. The van der Waals surface area contributed by atoms with Crippen LogP contribution in [0.1, 0.15) is 5.76 Å². The van der Waals surface area contributed by atoms with Crippen molar-refractivity contribution in [1.82, 2.24) is 15.2 Å². The minimum absolute atomic E-state index is 0.486. The molecule has 2 heterocycles. The number of nitrogens with zero attached hydrogens (tertiary/aromatic N) is 2. The fraction of sp³-hybridized carbons (Fsp3) is 0.0909. The molecular weight excluding hydrogens is 204 g/mol. The molecule has 0 atom stereocenters. The highest BCUT2D eigenvalue weighted by atomic mass is 16.4. The van der Waals surface area contributed by atoms with E-state index in [0.717, 1.165) is 22.2 Å². The Kier molecular flexibility index (Phi) is 1.73. The summed E-state index contributed by atoms with van der Waals surface area (Å²) < 4.78 is 5.45. The van der Waals surface area contributed by atoms with Crippen LogP contribution in [-0.2, 0) is 0 Å². The van der Waals surface area contributed by atoms with E-state index in [1.807, 2.05) is 25.1 Å². The molecule has 0 bridgehead atoms. The molecule has 5 nitrogen and oxygen atoms in total. The van der Waals surface area contributed by atoms with E-state index in [1.165, 1.54) is 0 Å². The van der Waals surface area contributed by atoms with E-state index in [-0.39, 0.29) is 0 Å². The number of nitrogens with one attached hydrogen (secondary N) is 1. The van der Waals surface area contributed by atoms with Gasteiger partial charge in [-0.15, -0.1) is 0 Å². The Morgan fingerprint density at radius 2 is 2.25 bits per heavy atom. The Hall–Kier alpha value is -2.30. The number of rotatable bonds is 1. The van der Waals surface area contributed by atoms with Gasteiger partial charge in [-0.2, -0.15) is 5.10 Å². The number of benzene rings is 1. The number of nitrogens with two attached hydrogens (primary N) is 1. The van der Waals surface area contributed by atoms with E-state index in [0.29, 0.717) is 11.7 Å². The van der Waals surface area contributed by atoms with Crippen molar-refractivity contribution in [3.8, 4) is 11.5 Å². The van der Waals surface area contributed by atoms with E-state index < -0.39 is 0 Å². The first-order valence-electron chi connectivity index (χ1n) is 4.90. The molecule has 0 amide bonds. The van der Waals surface area contributed by atoms with Gasteiger partial charge in [-0.25, -0.2) is 4.98 Å². The molecule has 16 heavy (non-hydrogen) atoms. The van der Waals surface area contributed by atoms with E-state index in [4.69, 9.17) is 10.2 Å². The van der Waals surface area contributed by atoms with Crippen molar-refractivity contribution in [3.05, 3.63) is 30.2 Å². The maximum atomic E-state index is 5.74. The molecule has 0 aliphatic carbocycles. The molecule has 0 saturated heterocycles. The van der Waals surface area contributed by atoms with Crippen LogP contribution in [0.2, 0.25) is 0 Å². The van der Waals surface area contributed by atoms with Crippen LogP contribution >= 0.6 is 0 Å². The number of fused-ring (bicyclic) bond motifs is 1. The van der Waals surface area contributed by atoms with Crippen LogP contribution in [0.5, 0.6) is 0 Å². The molecule has 0 fully saturated rings. The van der Waals surface area contributed by atoms with Crippen molar-refractivity contribution in [2.45, 2.75) is 6.92 Å². The lowest BCUT2D eigenvalue weighted by molar-refractivity contribution is 0.542. The number of H-pyrrole nitrogens is 1. The zero-order valence-electron chi connectivity index (χ0n) is 8.69. The normalized spacial score (nSPS) is 11.1. The van der Waals surface area contributed by atoms with Gasteiger partial charge >= 0.3 is 0 Å². The van der Waals surface area contributed by atoms with Crippen LogP contribution in [0.25, 0.3) is 22.4 Å². The highest BCUT2D eigenvalue weighted by Gasteiger charge is 2.08. The summed E-state index contributed by atoms with van der Waals surface area (Å²) in [6.45, 7) is 1.86. The number of hydrogen-bond donors (Lipinski definition) is 2. The van der Waals surface area contributed by atoms with Crippen LogP contribution in [0, 0.1) is 6.92 Å². The molecule has 3 rings (SSSR count). The van der Waals surface area contributed by atoms with Gasteiger partial charge in [0.05, 0.1) is 11.7 Å². The highest BCUT2D eigenvalue weighted by molar-refractivity contribution is 5.91. The number of aryl methyl sites for hydroxylation is 1. The largest absolute Gasteiger partial charge is 0.441 e. The van der Waals surface area contributed by atoms with E-state index in [1.54, 1.807) is 6.20 Å². The fourth-order valence-electron chi connectivity index (χ4n) is 1.66. The molecule has 3 aromatic rings. The van der Waals surface area contributed by atoms with Crippen LogP contribution < -0.4 is 5.73 Å². The topological polar surface area (TPSA) is 80.7 Å². The minimum Gasteiger partial charge on any atom is -0.441 e. The SMILES string of the molecule is Cc1cnc(-c2ccc3[nH]nc(N)c3c2)o1. The van der Waals surface area contributed by atoms with E-state index in [2.05, 4.69) is 15.2 Å². The van der Waals surface area contributed by atoms with Crippen molar-refractivity contribution >= 4 is 16.7 Å². The zero-order valence-corrected chi connectivity index (χ0v) is 8.69. The zero-order chi connectivity index (χ0) is 11.1. The number of hydrogen-bond acceptors (Lipinski definition) is 4.